The largest absolute Gasteiger partial charge is 0.399 e. The van der Waals surface area contributed by atoms with Crippen molar-refractivity contribution in [3.05, 3.63) is 22.2 Å². The highest BCUT2D eigenvalue weighted by Crippen LogP contribution is 2.35. The zero-order valence-corrected chi connectivity index (χ0v) is 9.98. The summed E-state index contributed by atoms with van der Waals surface area (Å²) in [5.41, 5.74) is 6.81. The van der Waals surface area contributed by atoms with Crippen molar-refractivity contribution in [3.63, 3.8) is 0 Å². The lowest BCUT2D eigenvalue weighted by Gasteiger charge is -2.30. The van der Waals surface area contributed by atoms with Gasteiger partial charge in [-0.2, -0.15) is 0 Å². The molecule has 0 atom stereocenters. The van der Waals surface area contributed by atoms with Gasteiger partial charge in [-0.15, -0.1) is 0 Å². The highest BCUT2D eigenvalue weighted by atomic mass is 35.5. The van der Waals surface area contributed by atoms with Crippen LogP contribution in [0.1, 0.15) is 0 Å². The van der Waals surface area contributed by atoms with E-state index in [1.54, 1.807) is 12.1 Å². The van der Waals surface area contributed by atoms with Crippen molar-refractivity contribution in [2.24, 2.45) is 0 Å². The Balaban J connectivity index is 2.35. The van der Waals surface area contributed by atoms with Crippen LogP contribution in [0.2, 0.25) is 10.0 Å². The van der Waals surface area contributed by atoms with Gasteiger partial charge in [0, 0.05) is 18.8 Å². The Kier molecular flexibility index (Phi) is 3.12. The number of nitrogens with two attached hydrogens (primary N) is 1. The number of halogens is 2. The maximum Gasteiger partial charge on any atom is 0.239 e. The van der Waals surface area contributed by atoms with Crippen molar-refractivity contribution in [3.8, 4) is 0 Å². The third-order valence-electron chi connectivity index (χ3n) is 2.39. The fourth-order valence-electron chi connectivity index (χ4n) is 1.72. The quantitative estimate of drug-likeness (QED) is 0.752. The van der Waals surface area contributed by atoms with Gasteiger partial charge in [-0.1, -0.05) is 23.2 Å². The molecule has 0 bridgehead atoms. The molecule has 1 amide bonds. The Morgan fingerprint density at radius 3 is 2.50 bits per heavy atom. The molecule has 1 aromatic rings. The van der Waals surface area contributed by atoms with E-state index in [4.69, 9.17) is 28.9 Å². The second-order valence-corrected chi connectivity index (χ2v) is 4.42. The number of amides is 1. The number of benzene rings is 1. The molecule has 86 valence electrons. The van der Waals surface area contributed by atoms with Gasteiger partial charge in [0.15, 0.2) is 0 Å². The van der Waals surface area contributed by atoms with Gasteiger partial charge in [0.25, 0.3) is 0 Å². The lowest BCUT2D eigenvalue weighted by atomic mass is 10.2. The average Bonchev–Trinajstić information content (AvgIpc) is 2.15. The first kappa shape index (κ1) is 11.4. The van der Waals surface area contributed by atoms with Crippen LogP contribution in [0.5, 0.6) is 0 Å². The molecule has 0 aliphatic carbocycles. The number of carbonyl (C=O) groups excluding carboxylic acids is 1. The Morgan fingerprint density at radius 1 is 1.31 bits per heavy atom. The Bertz CT molecular complexity index is 413. The third kappa shape index (κ3) is 2.18. The van der Waals surface area contributed by atoms with Crippen LogP contribution in [0.4, 0.5) is 11.4 Å². The van der Waals surface area contributed by atoms with Crippen LogP contribution in [0.3, 0.4) is 0 Å². The second kappa shape index (κ2) is 4.39. The summed E-state index contributed by atoms with van der Waals surface area (Å²) in [6, 6.07) is 3.27. The van der Waals surface area contributed by atoms with Crippen molar-refractivity contribution < 1.29 is 4.79 Å². The van der Waals surface area contributed by atoms with Gasteiger partial charge in [-0.25, -0.2) is 0 Å². The molecule has 2 rings (SSSR count). The molecule has 1 heterocycles. The van der Waals surface area contributed by atoms with E-state index in [1.807, 2.05) is 4.90 Å². The molecule has 1 aliphatic heterocycles. The molecule has 1 saturated heterocycles. The van der Waals surface area contributed by atoms with Gasteiger partial charge in [0.1, 0.15) is 0 Å². The van der Waals surface area contributed by atoms with E-state index in [-0.39, 0.29) is 12.5 Å². The summed E-state index contributed by atoms with van der Waals surface area (Å²) in [7, 11) is 0. The van der Waals surface area contributed by atoms with Crippen molar-refractivity contribution in [2.45, 2.75) is 0 Å². The standard InChI is InChI=1S/C10H11Cl2N3O/c11-7-3-6(13)4-8(12)10(7)15-2-1-14-9(16)5-15/h3-4H,1-2,5,13H2,(H,14,16). The maximum atomic E-state index is 11.3. The van der Waals surface area contributed by atoms with E-state index in [1.165, 1.54) is 0 Å². The first-order valence-corrected chi connectivity index (χ1v) is 5.59. The van der Waals surface area contributed by atoms with Crippen LogP contribution in [0.15, 0.2) is 12.1 Å². The van der Waals surface area contributed by atoms with Crippen molar-refractivity contribution in [1.29, 1.82) is 0 Å². The number of hydrogen-bond donors (Lipinski definition) is 2. The number of piperazine rings is 1. The monoisotopic (exact) mass is 259 g/mol. The molecular weight excluding hydrogens is 249 g/mol. The van der Waals surface area contributed by atoms with E-state index >= 15 is 0 Å². The minimum atomic E-state index is -0.0322. The van der Waals surface area contributed by atoms with Gasteiger partial charge in [0.05, 0.1) is 22.3 Å². The molecule has 0 spiro atoms. The summed E-state index contributed by atoms with van der Waals surface area (Å²) in [6.07, 6.45) is 0. The Labute approximate surface area is 103 Å². The fraction of sp³-hybridized carbons (Fsp3) is 0.300. The van der Waals surface area contributed by atoms with Crippen LogP contribution < -0.4 is 16.0 Å². The summed E-state index contributed by atoms with van der Waals surface area (Å²) < 4.78 is 0. The SMILES string of the molecule is Nc1cc(Cl)c(N2CCNC(=O)C2)c(Cl)c1. The molecule has 16 heavy (non-hydrogen) atoms. The van der Waals surface area contributed by atoms with E-state index in [9.17, 15) is 4.79 Å². The molecule has 4 nitrogen and oxygen atoms in total. The number of nitrogen functional groups attached to an aromatic ring is 1. The van der Waals surface area contributed by atoms with Gasteiger partial charge in [-0.3, -0.25) is 4.79 Å². The zero-order chi connectivity index (χ0) is 11.7. The number of anilines is 2. The van der Waals surface area contributed by atoms with Gasteiger partial charge in [0.2, 0.25) is 5.91 Å². The van der Waals surface area contributed by atoms with E-state index in [0.717, 1.165) is 0 Å². The summed E-state index contributed by atoms with van der Waals surface area (Å²) in [5, 5.41) is 3.68. The zero-order valence-electron chi connectivity index (χ0n) is 8.46. The maximum absolute atomic E-state index is 11.3. The van der Waals surface area contributed by atoms with Crippen LogP contribution in [0.25, 0.3) is 0 Å². The summed E-state index contributed by atoms with van der Waals surface area (Å²) >= 11 is 12.2. The molecule has 3 N–H and O–H groups in total. The Morgan fingerprint density at radius 2 is 1.94 bits per heavy atom. The summed E-state index contributed by atoms with van der Waals surface area (Å²) in [5.74, 6) is -0.0322. The first-order chi connectivity index (χ1) is 7.58. The number of carbonyl (C=O) groups is 1. The summed E-state index contributed by atoms with van der Waals surface area (Å²) in [4.78, 5) is 13.1. The van der Waals surface area contributed by atoms with Crippen LogP contribution in [0, 0.1) is 0 Å². The van der Waals surface area contributed by atoms with Gasteiger partial charge >= 0.3 is 0 Å². The lowest BCUT2D eigenvalue weighted by Crippen LogP contribution is -2.47. The van der Waals surface area contributed by atoms with Crippen LogP contribution in [-0.4, -0.2) is 25.5 Å². The lowest BCUT2D eigenvalue weighted by molar-refractivity contribution is -0.120. The predicted octanol–water partition coefficient (Wildman–Crippen LogP) is 1.51. The van der Waals surface area contributed by atoms with Gasteiger partial charge < -0.3 is 16.0 Å². The normalized spacial score (nSPS) is 16.1. The van der Waals surface area contributed by atoms with Crippen molar-refractivity contribution >= 4 is 40.5 Å². The molecular formula is C10H11Cl2N3O. The molecule has 0 aromatic heterocycles. The second-order valence-electron chi connectivity index (χ2n) is 3.60. The van der Waals surface area contributed by atoms with Gasteiger partial charge in [-0.05, 0) is 12.1 Å². The molecule has 1 aliphatic rings. The van der Waals surface area contributed by atoms with Crippen molar-refractivity contribution in [2.75, 3.05) is 30.3 Å². The summed E-state index contributed by atoms with van der Waals surface area (Å²) in [6.45, 7) is 1.55. The molecule has 6 heteroatoms. The van der Waals surface area contributed by atoms with Crippen LogP contribution in [-0.2, 0) is 4.79 Å². The number of hydrogen-bond acceptors (Lipinski definition) is 3. The average molecular weight is 260 g/mol. The van der Waals surface area contributed by atoms with Crippen molar-refractivity contribution in [1.82, 2.24) is 5.32 Å². The molecule has 1 aromatic carbocycles. The minimum absolute atomic E-state index is 0.0322. The molecule has 1 fully saturated rings. The molecule has 0 saturated carbocycles. The topological polar surface area (TPSA) is 58.4 Å². The van der Waals surface area contributed by atoms with Crippen LogP contribution >= 0.6 is 23.2 Å². The molecule has 0 unspecified atom stereocenters. The number of nitrogens with one attached hydrogen (secondary N) is 1. The smallest absolute Gasteiger partial charge is 0.239 e. The first-order valence-electron chi connectivity index (χ1n) is 4.84. The Hall–Kier alpha value is -1.13. The number of rotatable bonds is 1. The minimum Gasteiger partial charge on any atom is -0.399 e. The fourth-order valence-corrected chi connectivity index (χ4v) is 2.46. The number of nitrogens with zero attached hydrogens (tertiary/aromatic N) is 1. The predicted molar refractivity (Wildman–Crippen MR) is 66.1 cm³/mol. The molecule has 0 radical (unpaired) electrons. The third-order valence-corrected chi connectivity index (χ3v) is 2.97. The van der Waals surface area contributed by atoms with E-state index < -0.39 is 0 Å². The highest BCUT2D eigenvalue weighted by molar-refractivity contribution is 6.39. The highest BCUT2D eigenvalue weighted by Gasteiger charge is 2.21. The van der Waals surface area contributed by atoms with E-state index in [2.05, 4.69) is 5.32 Å². The van der Waals surface area contributed by atoms with E-state index in [0.29, 0.717) is 34.5 Å².